The minimum Gasteiger partial charge on any atom is -0.327 e. The van der Waals surface area contributed by atoms with Gasteiger partial charge in [0.2, 0.25) is 0 Å². The van der Waals surface area contributed by atoms with Gasteiger partial charge in [0, 0.05) is 13.0 Å². The Morgan fingerprint density at radius 1 is 1.26 bits per heavy atom. The Kier molecular flexibility index (Phi) is 3.94. The van der Waals surface area contributed by atoms with Crippen molar-refractivity contribution in [3.05, 3.63) is 30.1 Å². The molecule has 0 radical (unpaired) electrons. The molecule has 0 aliphatic rings. The predicted molar refractivity (Wildman–Crippen MR) is 78.0 cm³/mol. The van der Waals surface area contributed by atoms with Crippen LogP contribution in [0.4, 0.5) is 0 Å². The molecule has 1 heterocycles. The number of aromatic nitrogens is 2. The summed E-state index contributed by atoms with van der Waals surface area (Å²) in [4.78, 5) is 4.54. The third-order valence-corrected chi connectivity index (χ3v) is 5.56. The quantitative estimate of drug-likeness (QED) is 0.845. The van der Waals surface area contributed by atoms with Crippen LogP contribution in [0, 0.1) is 0 Å². The molecule has 104 valence electrons. The van der Waals surface area contributed by atoms with Gasteiger partial charge in [0.05, 0.1) is 22.0 Å². The summed E-state index contributed by atoms with van der Waals surface area (Å²) < 4.78 is 25.9. The monoisotopic (exact) mass is 280 g/mol. The van der Waals surface area contributed by atoms with Gasteiger partial charge in [0.15, 0.2) is 9.84 Å². The number of fused-ring (bicyclic) bond motifs is 1. The fraction of sp³-hybridized carbons (Fsp3) is 0.500. The van der Waals surface area contributed by atoms with Crippen LogP contribution in [0.25, 0.3) is 11.0 Å². The molecule has 0 bridgehead atoms. The van der Waals surface area contributed by atoms with Crippen LogP contribution < -0.4 is 0 Å². The second-order valence-corrected chi connectivity index (χ2v) is 7.61. The smallest absolute Gasteiger partial charge is 0.154 e. The zero-order valence-electron chi connectivity index (χ0n) is 11.6. The third kappa shape index (κ3) is 2.81. The molecule has 2 rings (SSSR count). The molecule has 1 aromatic carbocycles. The van der Waals surface area contributed by atoms with E-state index in [2.05, 4.69) is 4.98 Å². The van der Waals surface area contributed by atoms with Gasteiger partial charge in [-0.3, -0.25) is 0 Å². The second-order valence-electron chi connectivity index (χ2n) is 4.94. The van der Waals surface area contributed by atoms with E-state index in [1.165, 1.54) is 0 Å². The van der Waals surface area contributed by atoms with E-state index in [9.17, 15) is 8.42 Å². The summed E-state index contributed by atoms with van der Waals surface area (Å²) in [7, 11) is -3.02. The van der Waals surface area contributed by atoms with Gasteiger partial charge in [0.25, 0.3) is 0 Å². The highest BCUT2D eigenvalue weighted by Gasteiger charge is 2.17. The van der Waals surface area contributed by atoms with Gasteiger partial charge < -0.3 is 4.57 Å². The van der Waals surface area contributed by atoms with Crippen molar-refractivity contribution >= 4 is 20.9 Å². The lowest BCUT2D eigenvalue weighted by atomic mass is 10.3. The van der Waals surface area contributed by atoms with Crippen molar-refractivity contribution in [2.45, 2.75) is 39.0 Å². The van der Waals surface area contributed by atoms with E-state index in [1.54, 1.807) is 13.8 Å². The summed E-state index contributed by atoms with van der Waals surface area (Å²) in [6, 6.07) is 7.85. The van der Waals surface area contributed by atoms with Gasteiger partial charge in [-0.2, -0.15) is 0 Å². The number of aryl methyl sites for hydroxylation is 2. The normalized spacial score (nSPS) is 12.4. The van der Waals surface area contributed by atoms with Crippen molar-refractivity contribution in [2.75, 3.05) is 5.75 Å². The molecular weight excluding hydrogens is 260 g/mol. The highest BCUT2D eigenvalue weighted by molar-refractivity contribution is 7.91. The summed E-state index contributed by atoms with van der Waals surface area (Å²) in [5.41, 5.74) is 1.94. The van der Waals surface area contributed by atoms with Crippen LogP contribution >= 0.6 is 0 Å². The first kappa shape index (κ1) is 14.1. The standard InChI is InChI=1S/C14H20N2O2S/c1-4-14-15-12-7-5-6-8-13(12)16(14)9-10-19(17,18)11(2)3/h5-8,11H,4,9-10H2,1-3H3. The summed E-state index contributed by atoms with van der Waals surface area (Å²) in [5, 5.41) is -0.327. The van der Waals surface area contributed by atoms with Crippen LogP contribution in [0.5, 0.6) is 0 Å². The number of rotatable bonds is 5. The number of hydrogen-bond acceptors (Lipinski definition) is 3. The number of imidazole rings is 1. The molecule has 0 saturated heterocycles. The number of sulfone groups is 1. The number of benzene rings is 1. The van der Waals surface area contributed by atoms with Gasteiger partial charge >= 0.3 is 0 Å². The van der Waals surface area contributed by atoms with E-state index in [4.69, 9.17) is 0 Å². The summed E-state index contributed by atoms with van der Waals surface area (Å²) in [5.74, 6) is 1.11. The Morgan fingerprint density at radius 2 is 1.95 bits per heavy atom. The third-order valence-electron chi connectivity index (χ3n) is 3.37. The van der Waals surface area contributed by atoms with Gasteiger partial charge in [-0.25, -0.2) is 13.4 Å². The average molecular weight is 280 g/mol. The van der Waals surface area contributed by atoms with Crippen molar-refractivity contribution in [3.63, 3.8) is 0 Å². The van der Waals surface area contributed by atoms with Crippen molar-refractivity contribution in [3.8, 4) is 0 Å². The molecule has 4 nitrogen and oxygen atoms in total. The molecule has 0 fully saturated rings. The van der Waals surface area contributed by atoms with Crippen LogP contribution in [0.3, 0.4) is 0 Å². The minimum absolute atomic E-state index is 0.165. The number of nitrogens with zero attached hydrogens (tertiary/aromatic N) is 2. The molecule has 0 aliphatic heterocycles. The lowest BCUT2D eigenvalue weighted by molar-refractivity contribution is 0.579. The van der Waals surface area contributed by atoms with Gasteiger partial charge in [-0.05, 0) is 26.0 Å². The summed E-state index contributed by atoms with van der Waals surface area (Å²) in [6.07, 6.45) is 0.802. The zero-order chi connectivity index (χ0) is 14.0. The Morgan fingerprint density at radius 3 is 2.58 bits per heavy atom. The maximum Gasteiger partial charge on any atom is 0.154 e. The Bertz CT molecular complexity index is 672. The van der Waals surface area contributed by atoms with Gasteiger partial charge in [0.1, 0.15) is 5.82 Å². The minimum atomic E-state index is -3.02. The van der Waals surface area contributed by atoms with Crippen molar-refractivity contribution in [1.29, 1.82) is 0 Å². The Hall–Kier alpha value is -1.36. The van der Waals surface area contributed by atoms with Crippen molar-refractivity contribution in [1.82, 2.24) is 9.55 Å². The van der Waals surface area contributed by atoms with E-state index < -0.39 is 9.84 Å². The van der Waals surface area contributed by atoms with Gasteiger partial charge in [-0.1, -0.05) is 19.1 Å². The molecular formula is C14H20N2O2S. The molecule has 0 unspecified atom stereocenters. The van der Waals surface area contributed by atoms with Crippen LogP contribution in [-0.2, 0) is 22.8 Å². The number of para-hydroxylation sites is 2. The molecule has 0 spiro atoms. The first-order valence-electron chi connectivity index (χ1n) is 6.61. The predicted octanol–water partition coefficient (Wildman–Crippen LogP) is 2.42. The van der Waals surface area contributed by atoms with E-state index in [0.29, 0.717) is 6.54 Å². The average Bonchev–Trinajstić information content (AvgIpc) is 2.74. The molecule has 0 aliphatic carbocycles. The fourth-order valence-electron chi connectivity index (χ4n) is 2.10. The zero-order valence-corrected chi connectivity index (χ0v) is 12.4. The van der Waals surface area contributed by atoms with Gasteiger partial charge in [-0.15, -0.1) is 0 Å². The van der Waals surface area contributed by atoms with Crippen LogP contribution in [0.1, 0.15) is 26.6 Å². The maximum absolute atomic E-state index is 11.9. The van der Waals surface area contributed by atoms with Crippen molar-refractivity contribution < 1.29 is 8.42 Å². The van der Waals surface area contributed by atoms with E-state index in [1.807, 2.05) is 35.8 Å². The lowest BCUT2D eigenvalue weighted by Crippen LogP contribution is -2.21. The first-order valence-corrected chi connectivity index (χ1v) is 8.33. The fourth-order valence-corrected chi connectivity index (χ4v) is 3.01. The Labute approximate surface area is 114 Å². The lowest BCUT2D eigenvalue weighted by Gasteiger charge is -2.11. The molecule has 0 atom stereocenters. The molecule has 0 saturated carbocycles. The highest BCUT2D eigenvalue weighted by atomic mass is 32.2. The SMILES string of the molecule is CCc1nc2ccccc2n1CCS(=O)(=O)C(C)C. The maximum atomic E-state index is 11.9. The summed E-state index contributed by atoms with van der Waals surface area (Å²) in [6.45, 7) is 5.96. The Balaban J connectivity index is 2.34. The van der Waals surface area contributed by atoms with Crippen LogP contribution in [0.15, 0.2) is 24.3 Å². The molecule has 1 aromatic heterocycles. The molecule has 5 heteroatoms. The molecule has 0 amide bonds. The topological polar surface area (TPSA) is 52.0 Å². The highest BCUT2D eigenvalue weighted by Crippen LogP contribution is 2.17. The van der Waals surface area contributed by atoms with Crippen LogP contribution in [-0.4, -0.2) is 29.0 Å². The van der Waals surface area contributed by atoms with E-state index >= 15 is 0 Å². The van der Waals surface area contributed by atoms with E-state index in [-0.39, 0.29) is 11.0 Å². The van der Waals surface area contributed by atoms with E-state index in [0.717, 1.165) is 23.3 Å². The molecule has 2 aromatic rings. The van der Waals surface area contributed by atoms with Crippen molar-refractivity contribution in [2.24, 2.45) is 0 Å². The molecule has 19 heavy (non-hydrogen) atoms. The second kappa shape index (κ2) is 5.33. The first-order chi connectivity index (χ1) is 8.95. The number of hydrogen-bond donors (Lipinski definition) is 0. The van der Waals surface area contributed by atoms with Crippen LogP contribution in [0.2, 0.25) is 0 Å². The molecule has 0 N–H and O–H groups in total. The largest absolute Gasteiger partial charge is 0.327 e. The summed E-state index contributed by atoms with van der Waals surface area (Å²) >= 11 is 0.